The van der Waals surface area contributed by atoms with Crippen LogP contribution in [0.3, 0.4) is 0 Å². The second-order valence-electron chi connectivity index (χ2n) is 9.19. The van der Waals surface area contributed by atoms with Gasteiger partial charge in [-0.1, -0.05) is 62.7 Å². The Morgan fingerprint density at radius 3 is 2.21 bits per heavy atom. The van der Waals surface area contributed by atoms with Crippen molar-refractivity contribution in [1.29, 1.82) is 0 Å². The van der Waals surface area contributed by atoms with Crippen molar-refractivity contribution < 1.29 is 14.3 Å². The van der Waals surface area contributed by atoms with Crippen molar-refractivity contribution in [2.45, 2.75) is 65.5 Å². The molecular weight excluding hydrogens is 414 g/mol. The van der Waals surface area contributed by atoms with E-state index in [2.05, 4.69) is 53.6 Å². The molecule has 4 atom stereocenters. The van der Waals surface area contributed by atoms with Gasteiger partial charge in [-0.3, -0.25) is 14.5 Å². The zero-order valence-electron chi connectivity index (χ0n) is 20.2. The van der Waals surface area contributed by atoms with Crippen LogP contribution < -0.4 is 10.6 Å². The van der Waals surface area contributed by atoms with Gasteiger partial charge in [0, 0.05) is 31.7 Å². The number of amides is 2. The van der Waals surface area contributed by atoms with Crippen molar-refractivity contribution >= 4 is 11.8 Å². The van der Waals surface area contributed by atoms with Gasteiger partial charge in [0.15, 0.2) is 0 Å². The van der Waals surface area contributed by atoms with E-state index >= 15 is 0 Å². The van der Waals surface area contributed by atoms with E-state index in [0.29, 0.717) is 12.1 Å². The lowest BCUT2D eigenvalue weighted by molar-refractivity contribution is -0.124. The van der Waals surface area contributed by atoms with E-state index < -0.39 is 6.04 Å². The Kier molecular flexibility index (Phi) is 9.03. The number of morpholine rings is 1. The van der Waals surface area contributed by atoms with Crippen LogP contribution in [0.4, 0.5) is 0 Å². The van der Waals surface area contributed by atoms with Crippen LogP contribution in [0.15, 0.2) is 54.6 Å². The summed E-state index contributed by atoms with van der Waals surface area (Å²) < 4.78 is 5.81. The van der Waals surface area contributed by atoms with E-state index in [1.807, 2.05) is 32.0 Å². The molecule has 1 aliphatic rings. The van der Waals surface area contributed by atoms with Gasteiger partial charge in [0.05, 0.1) is 12.2 Å². The van der Waals surface area contributed by atoms with E-state index in [-0.39, 0.29) is 29.9 Å². The zero-order valence-corrected chi connectivity index (χ0v) is 20.2. The van der Waals surface area contributed by atoms with Crippen LogP contribution in [-0.4, -0.2) is 48.1 Å². The largest absolute Gasteiger partial charge is 0.373 e. The maximum atomic E-state index is 12.9. The highest BCUT2D eigenvalue weighted by Crippen LogP contribution is 2.15. The fourth-order valence-corrected chi connectivity index (χ4v) is 4.25. The van der Waals surface area contributed by atoms with Crippen molar-refractivity contribution in [3.63, 3.8) is 0 Å². The summed E-state index contributed by atoms with van der Waals surface area (Å²) in [7, 11) is 0. The molecular formula is C27H37N3O3. The highest BCUT2D eigenvalue weighted by Gasteiger charge is 2.26. The molecule has 1 fully saturated rings. The summed E-state index contributed by atoms with van der Waals surface area (Å²) in [6.45, 7) is 11.4. The lowest BCUT2D eigenvalue weighted by Gasteiger charge is -2.35. The average Bonchev–Trinajstić information content (AvgIpc) is 2.81. The van der Waals surface area contributed by atoms with Crippen molar-refractivity contribution in [1.82, 2.24) is 15.5 Å². The van der Waals surface area contributed by atoms with Gasteiger partial charge in [-0.2, -0.15) is 0 Å². The molecule has 0 saturated carbocycles. The molecule has 6 heteroatoms. The first-order valence-electron chi connectivity index (χ1n) is 11.9. The minimum atomic E-state index is -0.577. The summed E-state index contributed by atoms with van der Waals surface area (Å²) >= 11 is 0. The molecule has 0 spiro atoms. The second kappa shape index (κ2) is 12.0. The summed E-state index contributed by atoms with van der Waals surface area (Å²) in [5, 5.41) is 5.92. The molecule has 33 heavy (non-hydrogen) atoms. The third-order valence-corrected chi connectivity index (χ3v) is 6.21. The van der Waals surface area contributed by atoms with Gasteiger partial charge in [0.1, 0.15) is 6.04 Å². The summed E-state index contributed by atoms with van der Waals surface area (Å²) in [6.07, 6.45) is 1.30. The van der Waals surface area contributed by atoms with E-state index in [0.717, 1.165) is 31.6 Å². The first kappa shape index (κ1) is 24.9. The number of ether oxygens (including phenoxy) is 1. The Labute approximate surface area is 197 Å². The monoisotopic (exact) mass is 451 g/mol. The molecule has 4 unspecified atom stereocenters. The van der Waals surface area contributed by atoms with Gasteiger partial charge in [-0.25, -0.2) is 0 Å². The fraction of sp³-hybridized carbons (Fsp3) is 0.481. The molecule has 6 nitrogen and oxygen atoms in total. The molecule has 1 saturated heterocycles. The van der Waals surface area contributed by atoms with Crippen LogP contribution in [0.2, 0.25) is 0 Å². The first-order chi connectivity index (χ1) is 15.9. The molecule has 1 heterocycles. The fourth-order valence-electron chi connectivity index (χ4n) is 4.25. The van der Waals surface area contributed by atoms with Crippen LogP contribution in [0.1, 0.15) is 55.6 Å². The van der Waals surface area contributed by atoms with Crippen LogP contribution in [-0.2, 0) is 22.6 Å². The molecule has 2 N–H and O–H groups in total. The third-order valence-electron chi connectivity index (χ3n) is 6.21. The van der Waals surface area contributed by atoms with Gasteiger partial charge in [-0.05, 0) is 43.0 Å². The van der Waals surface area contributed by atoms with Crippen LogP contribution in [0.25, 0.3) is 0 Å². The molecule has 2 aromatic rings. The average molecular weight is 452 g/mol. The number of rotatable bonds is 9. The summed E-state index contributed by atoms with van der Waals surface area (Å²) in [4.78, 5) is 27.9. The van der Waals surface area contributed by atoms with Crippen molar-refractivity contribution in [2.75, 3.05) is 13.1 Å². The second-order valence-corrected chi connectivity index (χ2v) is 9.19. The van der Waals surface area contributed by atoms with E-state index in [9.17, 15) is 9.59 Å². The lowest BCUT2D eigenvalue weighted by atomic mass is 9.97. The van der Waals surface area contributed by atoms with Crippen molar-refractivity contribution in [3.8, 4) is 0 Å². The zero-order chi connectivity index (χ0) is 23.8. The van der Waals surface area contributed by atoms with Crippen molar-refractivity contribution in [3.05, 3.63) is 71.3 Å². The van der Waals surface area contributed by atoms with Gasteiger partial charge in [-0.15, -0.1) is 0 Å². The Balaban J connectivity index is 1.54. The number of hydrogen-bond acceptors (Lipinski definition) is 4. The smallest absolute Gasteiger partial charge is 0.251 e. The molecule has 178 valence electrons. The maximum absolute atomic E-state index is 12.9. The molecule has 3 rings (SSSR count). The standard InChI is InChI=1S/C27H37N3O3/c1-5-19(2)25(29-26(31)24-9-7-6-8-10-24)27(32)28-15-22-11-13-23(14-12-22)18-30-16-20(3)33-21(4)17-30/h6-14,19-21,25H,5,15-18H2,1-4H3,(H,28,32)(H,29,31). The molecule has 0 bridgehead atoms. The molecule has 0 radical (unpaired) electrons. The van der Waals surface area contributed by atoms with E-state index in [1.54, 1.807) is 12.1 Å². The SMILES string of the molecule is CCC(C)C(NC(=O)c1ccccc1)C(=O)NCc1ccc(CN2CC(C)OC(C)C2)cc1. The van der Waals surface area contributed by atoms with Crippen LogP contribution in [0, 0.1) is 5.92 Å². The van der Waals surface area contributed by atoms with Gasteiger partial charge < -0.3 is 15.4 Å². The highest BCUT2D eigenvalue weighted by molar-refractivity contribution is 5.97. The maximum Gasteiger partial charge on any atom is 0.251 e. The minimum absolute atomic E-state index is 0.0262. The van der Waals surface area contributed by atoms with E-state index in [1.165, 1.54) is 5.56 Å². The predicted molar refractivity (Wildman–Crippen MR) is 131 cm³/mol. The topological polar surface area (TPSA) is 70.7 Å². The lowest BCUT2D eigenvalue weighted by Crippen LogP contribution is -2.50. The number of nitrogens with zero attached hydrogens (tertiary/aromatic N) is 1. The predicted octanol–water partition coefficient (Wildman–Crippen LogP) is 3.76. The van der Waals surface area contributed by atoms with Crippen molar-refractivity contribution in [2.24, 2.45) is 5.92 Å². The molecule has 2 amide bonds. The molecule has 0 aliphatic carbocycles. The van der Waals surface area contributed by atoms with Gasteiger partial charge in [0.2, 0.25) is 5.91 Å². The Morgan fingerprint density at radius 2 is 1.61 bits per heavy atom. The summed E-state index contributed by atoms with van der Waals surface area (Å²) in [6, 6.07) is 16.8. The normalized spacial score (nSPS) is 20.6. The van der Waals surface area contributed by atoms with Crippen LogP contribution in [0.5, 0.6) is 0 Å². The Bertz CT molecular complexity index is 891. The summed E-state index contributed by atoms with van der Waals surface area (Å²) in [5.74, 6) is -0.362. The van der Waals surface area contributed by atoms with Gasteiger partial charge >= 0.3 is 0 Å². The van der Waals surface area contributed by atoms with Crippen LogP contribution >= 0.6 is 0 Å². The highest BCUT2D eigenvalue weighted by atomic mass is 16.5. The quantitative estimate of drug-likeness (QED) is 0.609. The Hall–Kier alpha value is -2.70. The number of carbonyl (C=O) groups excluding carboxylic acids is 2. The Morgan fingerprint density at radius 1 is 1.00 bits per heavy atom. The van der Waals surface area contributed by atoms with Gasteiger partial charge in [0.25, 0.3) is 5.91 Å². The number of nitrogens with one attached hydrogen (secondary N) is 2. The number of hydrogen-bond donors (Lipinski definition) is 2. The molecule has 0 aromatic heterocycles. The number of benzene rings is 2. The molecule has 1 aliphatic heterocycles. The summed E-state index contributed by atoms with van der Waals surface area (Å²) in [5.41, 5.74) is 2.84. The first-order valence-corrected chi connectivity index (χ1v) is 11.9. The minimum Gasteiger partial charge on any atom is -0.373 e. The number of carbonyl (C=O) groups is 2. The third kappa shape index (κ3) is 7.41. The van der Waals surface area contributed by atoms with E-state index in [4.69, 9.17) is 4.74 Å². The molecule has 2 aromatic carbocycles.